The van der Waals surface area contributed by atoms with Gasteiger partial charge >= 0.3 is 0 Å². The maximum absolute atomic E-state index is 14.1. The van der Waals surface area contributed by atoms with Crippen LogP contribution in [0.5, 0.6) is 23.0 Å². The number of hydrogen-bond donors (Lipinski definition) is 0. The Balaban J connectivity index is 2.73. The molecule has 2 aromatic rings. The third-order valence-electron chi connectivity index (χ3n) is 4.77. The molecule has 0 aliphatic heterocycles. The van der Waals surface area contributed by atoms with Crippen LogP contribution in [0.25, 0.3) is 0 Å². The van der Waals surface area contributed by atoms with Crippen molar-refractivity contribution in [2.24, 2.45) is 0 Å². The second kappa shape index (κ2) is 10.3. The Hall–Kier alpha value is -2.79. The fraction of sp³-hybridized carbons (Fsp3) is 0.364. The molecule has 0 aliphatic carbocycles. The molecule has 0 radical (unpaired) electrons. The van der Waals surface area contributed by atoms with Crippen LogP contribution >= 0.6 is 7.14 Å². The van der Waals surface area contributed by atoms with Crippen LogP contribution in [0.3, 0.4) is 0 Å². The predicted octanol–water partition coefficient (Wildman–Crippen LogP) is 4.86. The standard InChI is InChI=1S/C22H27O7P/c1-6-7-14-30(25,21(23)19-15(26-2)10-8-11-16(19)27-3)22(24)20-17(28-4)12-9-13-18(20)29-5/h8-13H,6-7,14H2,1-5H3. The summed E-state index contributed by atoms with van der Waals surface area (Å²) in [5.74, 6) is 0.762. The molecule has 30 heavy (non-hydrogen) atoms. The summed E-state index contributed by atoms with van der Waals surface area (Å²) in [6, 6.07) is 9.55. The van der Waals surface area contributed by atoms with E-state index in [0.29, 0.717) is 12.8 Å². The van der Waals surface area contributed by atoms with Gasteiger partial charge < -0.3 is 23.5 Å². The van der Waals surface area contributed by atoms with Crippen molar-refractivity contribution >= 4 is 18.2 Å². The van der Waals surface area contributed by atoms with Gasteiger partial charge in [0, 0.05) is 6.16 Å². The van der Waals surface area contributed by atoms with E-state index in [0.717, 1.165) is 0 Å². The molecule has 0 amide bonds. The highest BCUT2D eigenvalue weighted by atomic mass is 31.2. The lowest BCUT2D eigenvalue weighted by atomic mass is 10.2. The van der Waals surface area contributed by atoms with Gasteiger partial charge in [-0.3, -0.25) is 9.59 Å². The summed E-state index contributed by atoms with van der Waals surface area (Å²) in [5.41, 5.74) is -1.63. The van der Waals surface area contributed by atoms with Crippen LogP contribution < -0.4 is 18.9 Å². The highest BCUT2D eigenvalue weighted by Gasteiger charge is 2.44. The monoisotopic (exact) mass is 434 g/mol. The number of benzene rings is 2. The first kappa shape index (κ1) is 23.5. The van der Waals surface area contributed by atoms with Gasteiger partial charge in [0.25, 0.3) is 0 Å². The van der Waals surface area contributed by atoms with Gasteiger partial charge in [-0.2, -0.15) is 0 Å². The molecule has 0 aliphatic rings. The number of ether oxygens (including phenoxy) is 4. The van der Waals surface area contributed by atoms with Crippen molar-refractivity contribution in [1.82, 2.24) is 0 Å². The molecule has 0 bridgehead atoms. The molecule has 0 aromatic heterocycles. The molecule has 8 heteroatoms. The van der Waals surface area contributed by atoms with Gasteiger partial charge in [-0.15, -0.1) is 0 Å². The van der Waals surface area contributed by atoms with Gasteiger partial charge in [-0.25, -0.2) is 0 Å². The Labute approximate surface area is 176 Å². The van der Waals surface area contributed by atoms with Crippen LogP contribution in [-0.2, 0) is 4.57 Å². The zero-order chi connectivity index (χ0) is 22.3. The minimum atomic E-state index is -4.12. The predicted molar refractivity (Wildman–Crippen MR) is 115 cm³/mol. The topological polar surface area (TPSA) is 88.1 Å². The molecule has 0 N–H and O–H groups in total. The summed E-state index contributed by atoms with van der Waals surface area (Å²) in [4.78, 5) is 27.2. The van der Waals surface area contributed by atoms with Crippen LogP contribution in [0.2, 0.25) is 0 Å². The van der Waals surface area contributed by atoms with Crippen molar-refractivity contribution in [2.45, 2.75) is 19.8 Å². The maximum atomic E-state index is 14.1. The number of carbonyl (C=O) groups excluding carboxylic acids is 2. The first-order valence-corrected chi connectivity index (χ1v) is 11.4. The normalized spacial score (nSPS) is 11.0. The Morgan fingerprint density at radius 2 is 1.07 bits per heavy atom. The second-order valence-electron chi connectivity index (χ2n) is 6.50. The lowest BCUT2D eigenvalue weighted by Gasteiger charge is -2.21. The fourth-order valence-electron chi connectivity index (χ4n) is 3.16. The molecule has 0 atom stereocenters. The van der Waals surface area contributed by atoms with Crippen LogP contribution in [0.15, 0.2) is 36.4 Å². The largest absolute Gasteiger partial charge is 0.496 e. The van der Waals surface area contributed by atoms with Gasteiger partial charge in [0.05, 0.1) is 28.4 Å². The van der Waals surface area contributed by atoms with Crippen LogP contribution in [0.4, 0.5) is 0 Å². The molecule has 0 unspecified atom stereocenters. The first-order chi connectivity index (χ1) is 14.4. The summed E-state index contributed by atoms with van der Waals surface area (Å²) in [5, 5.41) is 0. The van der Waals surface area contributed by atoms with Crippen LogP contribution in [-0.4, -0.2) is 45.6 Å². The second-order valence-corrected chi connectivity index (χ2v) is 9.24. The number of methoxy groups -OCH3 is 4. The molecule has 2 rings (SSSR count). The van der Waals surface area contributed by atoms with Crippen molar-refractivity contribution in [2.75, 3.05) is 34.6 Å². The smallest absolute Gasteiger partial charge is 0.236 e. The highest BCUT2D eigenvalue weighted by molar-refractivity contribution is 7.95. The van der Waals surface area contributed by atoms with E-state index >= 15 is 0 Å². The molecule has 0 saturated carbocycles. The summed E-state index contributed by atoms with van der Waals surface area (Å²) in [7, 11) is 1.47. The lowest BCUT2D eigenvalue weighted by Crippen LogP contribution is -2.16. The van der Waals surface area contributed by atoms with Crippen molar-refractivity contribution in [3.63, 3.8) is 0 Å². The van der Waals surface area contributed by atoms with E-state index in [1.54, 1.807) is 36.4 Å². The summed E-state index contributed by atoms with van der Waals surface area (Å²) < 4.78 is 35.3. The third kappa shape index (κ3) is 4.36. The van der Waals surface area contributed by atoms with E-state index in [2.05, 4.69) is 0 Å². The average molecular weight is 434 g/mol. The van der Waals surface area contributed by atoms with E-state index in [-0.39, 0.29) is 40.3 Å². The van der Waals surface area contributed by atoms with Crippen molar-refractivity contribution < 1.29 is 33.1 Å². The molecule has 0 spiro atoms. The summed E-state index contributed by atoms with van der Waals surface area (Å²) in [6.45, 7) is 1.90. The summed E-state index contributed by atoms with van der Waals surface area (Å²) in [6.07, 6.45) is 1.02. The first-order valence-electron chi connectivity index (χ1n) is 9.50. The maximum Gasteiger partial charge on any atom is 0.236 e. The van der Waals surface area contributed by atoms with Crippen LogP contribution in [0.1, 0.15) is 40.5 Å². The lowest BCUT2D eigenvalue weighted by molar-refractivity contribution is 0.103. The Bertz CT molecular complexity index is 852. The van der Waals surface area contributed by atoms with Crippen molar-refractivity contribution in [3.8, 4) is 23.0 Å². The van der Waals surface area contributed by atoms with Gasteiger partial charge in [0.1, 0.15) is 34.1 Å². The van der Waals surface area contributed by atoms with E-state index in [1.165, 1.54) is 28.4 Å². The summed E-state index contributed by atoms with van der Waals surface area (Å²) >= 11 is 0. The number of rotatable bonds is 11. The molecule has 7 nitrogen and oxygen atoms in total. The molecule has 2 aromatic carbocycles. The zero-order valence-electron chi connectivity index (χ0n) is 17.9. The molecule has 0 fully saturated rings. The van der Waals surface area contributed by atoms with Gasteiger partial charge in [0.15, 0.2) is 0 Å². The molecular formula is C22H27O7P. The van der Waals surface area contributed by atoms with Gasteiger partial charge in [0.2, 0.25) is 18.2 Å². The third-order valence-corrected chi connectivity index (χ3v) is 7.47. The number of carbonyl (C=O) groups is 2. The van der Waals surface area contributed by atoms with E-state index in [1.807, 2.05) is 6.92 Å². The number of unbranched alkanes of at least 4 members (excludes halogenated alkanes) is 1. The highest BCUT2D eigenvalue weighted by Crippen LogP contribution is 2.57. The Kier molecular flexibility index (Phi) is 8.07. The van der Waals surface area contributed by atoms with E-state index < -0.39 is 18.2 Å². The van der Waals surface area contributed by atoms with E-state index in [4.69, 9.17) is 18.9 Å². The minimum Gasteiger partial charge on any atom is -0.496 e. The Morgan fingerprint density at radius 3 is 1.33 bits per heavy atom. The SMILES string of the molecule is CCCCP(=O)(C(=O)c1c(OC)cccc1OC)C(=O)c1c(OC)cccc1OC. The fourth-order valence-corrected chi connectivity index (χ4v) is 5.68. The Morgan fingerprint density at radius 1 is 0.733 bits per heavy atom. The zero-order valence-corrected chi connectivity index (χ0v) is 18.8. The quantitative estimate of drug-likeness (QED) is 0.467. The van der Waals surface area contributed by atoms with Gasteiger partial charge in [-0.05, 0) is 30.7 Å². The van der Waals surface area contributed by atoms with Crippen molar-refractivity contribution in [1.29, 1.82) is 0 Å². The molecule has 0 saturated heterocycles. The number of hydrogen-bond acceptors (Lipinski definition) is 7. The molecule has 0 heterocycles. The molecule has 162 valence electrons. The van der Waals surface area contributed by atoms with Crippen LogP contribution in [0, 0.1) is 0 Å². The van der Waals surface area contributed by atoms with Gasteiger partial charge in [-0.1, -0.05) is 25.5 Å². The molecular weight excluding hydrogens is 407 g/mol. The average Bonchev–Trinajstić information content (AvgIpc) is 2.79. The van der Waals surface area contributed by atoms with Crippen molar-refractivity contribution in [3.05, 3.63) is 47.5 Å². The minimum absolute atomic E-state index is 0.0100. The van der Waals surface area contributed by atoms with E-state index in [9.17, 15) is 14.2 Å².